The van der Waals surface area contributed by atoms with Crippen molar-refractivity contribution in [3.05, 3.63) is 0 Å². The number of carbonyl (C=O) groups excluding carboxylic acids is 1. The third kappa shape index (κ3) is 2.92. The predicted octanol–water partition coefficient (Wildman–Crippen LogP) is 0.614. The largest absolute Gasteiger partial charge is 0.480 e. The van der Waals surface area contributed by atoms with Crippen molar-refractivity contribution in [3.63, 3.8) is 0 Å². The van der Waals surface area contributed by atoms with Gasteiger partial charge in [-0.05, 0) is 26.7 Å². The Kier molecular flexibility index (Phi) is 3.68. The smallest absolute Gasteiger partial charge is 0.318 e. The van der Waals surface area contributed by atoms with E-state index in [9.17, 15) is 9.59 Å². The Morgan fingerprint density at radius 3 is 2.20 bits per heavy atom. The van der Waals surface area contributed by atoms with E-state index in [4.69, 9.17) is 5.11 Å². The molecule has 0 aromatic carbocycles. The molecule has 5 nitrogen and oxygen atoms in total. The maximum Gasteiger partial charge on any atom is 0.318 e. The van der Waals surface area contributed by atoms with E-state index in [0.29, 0.717) is 0 Å². The first-order valence-electron chi connectivity index (χ1n) is 5.24. The molecule has 1 fully saturated rings. The van der Waals surface area contributed by atoms with Crippen molar-refractivity contribution >= 4 is 11.9 Å². The van der Waals surface area contributed by atoms with Gasteiger partial charge in [0, 0.05) is 13.1 Å². The Morgan fingerprint density at radius 1 is 1.20 bits per heavy atom. The molecule has 0 aromatic heterocycles. The molecule has 0 unspecified atom stereocenters. The second kappa shape index (κ2) is 4.61. The van der Waals surface area contributed by atoms with Crippen LogP contribution in [0.15, 0.2) is 0 Å². The van der Waals surface area contributed by atoms with Crippen LogP contribution in [-0.4, -0.2) is 35.1 Å². The lowest BCUT2D eigenvalue weighted by atomic mass is 9.93. The van der Waals surface area contributed by atoms with Gasteiger partial charge >= 0.3 is 5.97 Å². The quantitative estimate of drug-likeness (QED) is 0.675. The molecule has 0 saturated carbocycles. The van der Waals surface area contributed by atoms with E-state index in [0.717, 1.165) is 25.9 Å². The molecule has 0 bridgehead atoms. The van der Waals surface area contributed by atoms with Gasteiger partial charge in [-0.2, -0.15) is 0 Å². The first kappa shape index (κ1) is 12.0. The van der Waals surface area contributed by atoms with Crippen molar-refractivity contribution in [2.24, 2.45) is 5.41 Å². The summed E-state index contributed by atoms with van der Waals surface area (Å²) in [4.78, 5) is 22.5. The van der Waals surface area contributed by atoms with Gasteiger partial charge < -0.3 is 5.11 Å². The summed E-state index contributed by atoms with van der Waals surface area (Å²) in [6.07, 6.45) is 3.27. The Bertz CT molecular complexity index is 257. The van der Waals surface area contributed by atoms with Crippen molar-refractivity contribution < 1.29 is 14.7 Å². The van der Waals surface area contributed by atoms with Crippen LogP contribution in [0.3, 0.4) is 0 Å². The van der Waals surface area contributed by atoms with Crippen LogP contribution in [0.4, 0.5) is 0 Å². The fourth-order valence-corrected chi connectivity index (χ4v) is 1.39. The van der Waals surface area contributed by atoms with Crippen molar-refractivity contribution in [2.75, 3.05) is 13.1 Å². The van der Waals surface area contributed by atoms with Crippen LogP contribution in [0.5, 0.6) is 0 Å². The number of hydrazine groups is 1. The number of hydrogen-bond donors (Lipinski definition) is 2. The highest BCUT2D eigenvalue weighted by Crippen LogP contribution is 2.16. The molecule has 0 atom stereocenters. The van der Waals surface area contributed by atoms with E-state index in [1.165, 1.54) is 20.3 Å². The molecule has 86 valence electrons. The van der Waals surface area contributed by atoms with Gasteiger partial charge in [0.05, 0.1) is 0 Å². The number of rotatable bonds is 3. The Hall–Kier alpha value is -1.10. The first-order valence-corrected chi connectivity index (χ1v) is 5.24. The van der Waals surface area contributed by atoms with Crippen molar-refractivity contribution in [3.8, 4) is 0 Å². The molecule has 1 rings (SSSR count). The molecule has 1 aliphatic heterocycles. The molecule has 0 radical (unpaired) electrons. The third-order valence-electron chi connectivity index (χ3n) is 2.72. The standard InChI is InChI=1S/C10H18N2O3/c1-10(2,9(14)15)8(13)11-12-6-4-3-5-7-12/h3-7H2,1-2H3,(H,11,13)(H,14,15). The monoisotopic (exact) mass is 214 g/mol. The minimum atomic E-state index is -1.36. The van der Waals surface area contributed by atoms with Gasteiger partial charge in [0.2, 0.25) is 0 Å². The zero-order chi connectivity index (χ0) is 11.5. The summed E-state index contributed by atoms with van der Waals surface area (Å²) in [7, 11) is 0. The van der Waals surface area contributed by atoms with Crippen LogP contribution in [0.2, 0.25) is 0 Å². The fourth-order valence-electron chi connectivity index (χ4n) is 1.39. The molecule has 15 heavy (non-hydrogen) atoms. The van der Waals surface area contributed by atoms with Gasteiger partial charge in [0.15, 0.2) is 0 Å². The number of carbonyl (C=O) groups is 2. The van der Waals surface area contributed by atoms with Gasteiger partial charge in [-0.25, -0.2) is 5.01 Å². The average Bonchev–Trinajstić information content (AvgIpc) is 2.18. The zero-order valence-corrected chi connectivity index (χ0v) is 9.25. The van der Waals surface area contributed by atoms with Crippen LogP contribution in [0.25, 0.3) is 0 Å². The summed E-state index contributed by atoms with van der Waals surface area (Å²) in [6, 6.07) is 0. The summed E-state index contributed by atoms with van der Waals surface area (Å²) in [6.45, 7) is 4.44. The molecule has 1 aliphatic rings. The first-order chi connectivity index (χ1) is 6.94. The van der Waals surface area contributed by atoms with Gasteiger partial charge in [0.1, 0.15) is 5.41 Å². The number of amides is 1. The van der Waals surface area contributed by atoms with Crippen molar-refractivity contribution in [1.82, 2.24) is 10.4 Å². The summed E-state index contributed by atoms with van der Waals surface area (Å²) in [5.41, 5.74) is 1.29. The highest BCUT2D eigenvalue weighted by molar-refractivity contribution is 6.00. The Labute approximate surface area is 89.4 Å². The molecule has 0 aliphatic carbocycles. The minimum absolute atomic E-state index is 0.447. The summed E-state index contributed by atoms with van der Waals surface area (Å²) < 4.78 is 0. The summed E-state index contributed by atoms with van der Waals surface area (Å²) >= 11 is 0. The van der Waals surface area contributed by atoms with E-state index in [1.807, 2.05) is 0 Å². The summed E-state index contributed by atoms with van der Waals surface area (Å²) in [5.74, 6) is -1.55. The molecular formula is C10H18N2O3. The number of nitrogens with one attached hydrogen (secondary N) is 1. The van der Waals surface area contributed by atoms with Crippen molar-refractivity contribution in [2.45, 2.75) is 33.1 Å². The molecular weight excluding hydrogens is 196 g/mol. The van der Waals surface area contributed by atoms with E-state index in [-0.39, 0.29) is 0 Å². The van der Waals surface area contributed by atoms with E-state index >= 15 is 0 Å². The van der Waals surface area contributed by atoms with Gasteiger partial charge in [-0.15, -0.1) is 0 Å². The molecule has 1 amide bonds. The van der Waals surface area contributed by atoms with E-state index < -0.39 is 17.3 Å². The van der Waals surface area contributed by atoms with Crippen LogP contribution >= 0.6 is 0 Å². The normalized spacial score (nSPS) is 18.5. The third-order valence-corrected chi connectivity index (χ3v) is 2.72. The second-order valence-electron chi connectivity index (χ2n) is 4.42. The SMILES string of the molecule is CC(C)(C(=O)O)C(=O)NN1CCCCC1. The Morgan fingerprint density at radius 2 is 1.73 bits per heavy atom. The molecule has 1 saturated heterocycles. The van der Waals surface area contributed by atoms with Crippen LogP contribution in [0.1, 0.15) is 33.1 Å². The molecule has 0 aromatic rings. The number of carboxylic acids is 1. The average molecular weight is 214 g/mol. The van der Waals surface area contributed by atoms with Crippen LogP contribution in [0, 0.1) is 5.41 Å². The number of carboxylic acid groups (broad SMARTS) is 1. The molecule has 0 spiro atoms. The van der Waals surface area contributed by atoms with Gasteiger partial charge in [-0.3, -0.25) is 15.0 Å². The van der Waals surface area contributed by atoms with Crippen molar-refractivity contribution in [1.29, 1.82) is 0 Å². The zero-order valence-electron chi connectivity index (χ0n) is 9.25. The van der Waals surface area contributed by atoms with E-state index in [2.05, 4.69) is 5.43 Å². The highest BCUT2D eigenvalue weighted by atomic mass is 16.4. The maximum atomic E-state index is 11.6. The second-order valence-corrected chi connectivity index (χ2v) is 4.42. The number of hydrogen-bond acceptors (Lipinski definition) is 3. The lowest BCUT2D eigenvalue weighted by molar-refractivity contribution is -0.155. The summed E-state index contributed by atoms with van der Waals surface area (Å²) in [5, 5.41) is 10.7. The highest BCUT2D eigenvalue weighted by Gasteiger charge is 2.36. The lowest BCUT2D eigenvalue weighted by Crippen LogP contribution is -2.51. The minimum Gasteiger partial charge on any atom is -0.480 e. The van der Waals surface area contributed by atoms with Gasteiger partial charge in [-0.1, -0.05) is 6.42 Å². The topological polar surface area (TPSA) is 69.6 Å². The van der Waals surface area contributed by atoms with Gasteiger partial charge in [0.25, 0.3) is 5.91 Å². The van der Waals surface area contributed by atoms with E-state index in [1.54, 1.807) is 5.01 Å². The lowest BCUT2D eigenvalue weighted by Gasteiger charge is -2.29. The molecule has 2 N–H and O–H groups in total. The van der Waals surface area contributed by atoms with Crippen LogP contribution < -0.4 is 5.43 Å². The maximum absolute atomic E-state index is 11.6. The van der Waals surface area contributed by atoms with Crippen LogP contribution in [-0.2, 0) is 9.59 Å². The Balaban J connectivity index is 2.50. The molecule has 5 heteroatoms. The number of piperidine rings is 1. The number of aliphatic carboxylic acids is 1. The fraction of sp³-hybridized carbons (Fsp3) is 0.800. The predicted molar refractivity (Wildman–Crippen MR) is 55.0 cm³/mol. The molecule has 1 heterocycles. The number of nitrogens with zero attached hydrogens (tertiary/aromatic N) is 1.